The predicted molar refractivity (Wildman–Crippen MR) is 95.5 cm³/mol. The van der Waals surface area contributed by atoms with Crippen LogP contribution in [-0.2, 0) is 19.6 Å². The van der Waals surface area contributed by atoms with E-state index in [1.807, 2.05) is 11.0 Å². The van der Waals surface area contributed by atoms with Gasteiger partial charge in [-0.2, -0.15) is 10.4 Å². The molecule has 1 aliphatic rings. The van der Waals surface area contributed by atoms with E-state index in [-0.39, 0.29) is 28.7 Å². The maximum absolute atomic E-state index is 12.4. The van der Waals surface area contributed by atoms with E-state index in [0.717, 1.165) is 0 Å². The summed E-state index contributed by atoms with van der Waals surface area (Å²) in [6.07, 6.45) is 1.33. The van der Waals surface area contributed by atoms with Gasteiger partial charge in [0.15, 0.2) is 5.82 Å². The van der Waals surface area contributed by atoms with Crippen molar-refractivity contribution in [2.24, 2.45) is 5.14 Å². The fourth-order valence-electron chi connectivity index (χ4n) is 2.66. The Bertz CT molecular complexity index is 971. The molecule has 1 fully saturated rings. The molecule has 142 valence electrons. The molecule has 2 aromatic rings. The lowest BCUT2D eigenvalue weighted by Gasteiger charge is -2.25. The average Bonchev–Trinajstić information content (AvgIpc) is 3.04. The molecule has 0 radical (unpaired) electrons. The summed E-state index contributed by atoms with van der Waals surface area (Å²) in [5.74, 6) is -0.0598. The Morgan fingerprint density at radius 1 is 1.30 bits per heavy atom. The number of nitrogens with one attached hydrogen (secondary N) is 1. The van der Waals surface area contributed by atoms with Crippen molar-refractivity contribution in [1.29, 1.82) is 5.26 Å². The topological polar surface area (TPSA) is 143 Å². The fourth-order valence-corrected chi connectivity index (χ4v) is 3.17. The number of rotatable bonds is 5. The number of aromatic nitrogens is 2. The van der Waals surface area contributed by atoms with E-state index in [1.165, 1.54) is 35.1 Å². The third kappa shape index (κ3) is 4.50. The second-order valence-electron chi connectivity index (χ2n) is 5.91. The van der Waals surface area contributed by atoms with Crippen molar-refractivity contribution in [1.82, 2.24) is 14.7 Å². The van der Waals surface area contributed by atoms with Crippen LogP contribution in [0, 0.1) is 11.3 Å². The summed E-state index contributed by atoms with van der Waals surface area (Å²) in [6, 6.07) is 7.63. The lowest BCUT2D eigenvalue weighted by atomic mass is 10.3. The second-order valence-corrected chi connectivity index (χ2v) is 7.47. The number of carbonyl (C=O) groups excluding carboxylic acids is 1. The van der Waals surface area contributed by atoms with Crippen LogP contribution in [-0.4, -0.2) is 61.9 Å². The van der Waals surface area contributed by atoms with Gasteiger partial charge in [0.25, 0.3) is 0 Å². The van der Waals surface area contributed by atoms with Gasteiger partial charge in [-0.3, -0.25) is 9.69 Å². The molecule has 10 nitrogen and oxygen atoms in total. The summed E-state index contributed by atoms with van der Waals surface area (Å²) in [5, 5.41) is 21.2. The number of benzene rings is 1. The number of nitrogens with zero attached hydrogens (tertiary/aromatic N) is 4. The van der Waals surface area contributed by atoms with Crippen molar-refractivity contribution >= 4 is 21.7 Å². The minimum absolute atomic E-state index is 0.0446. The number of hydrogen-bond donors (Lipinski definition) is 2. The number of hydrogen-bond acceptors (Lipinski definition) is 7. The summed E-state index contributed by atoms with van der Waals surface area (Å²) >= 11 is 0. The van der Waals surface area contributed by atoms with Gasteiger partial charge < -0.3 is 10.1 Å². The van der Waals surface area contributed by atoms with Gasteiger partial charge in [0, 0.05) is 13.1 Å². The maximum atomic E-state index is 12.4. The molecule has 0 atom stereocenters. The summed E-state index contributed by atoms with van der Waals surface area (Å²) in [7, 11) is -3.81. The Kier molecular flexibility index (Phi) is 5.52. The van der Waals surface area contributed by atoms with Gasteiger partial charge in [-0.05, 0) is 24.3 Å². The number of morpholine rings is 1. The van der Waals surface area contributed by atoms with Gasteiger partial charge in [-0.1, -0.05) is 0 Å². The van der Waals surface area contributed by atoms with Crippen LogP contribution in [0.1, 0.15) is 5.56 Å². The highest BCUT2D eigenvalue weighted by Gasteiger charge is 2.19. The van der Waals surface area contributed by atoms with Crippen molar-refractivity contribution in [3.05, 3.63) is 36.0 Å². The van der Waals surface area contributed by atoms with Crippen LogP contribution in [0.2, 0.25) is 0 Å². The first kappa shape index (κ1) is 19.0. The lowest BCUT2D eigenvalue weighted by Crippen LogP contribution is -2.41. The summed E-state index contributed by atoms with van der Waals surface area (Å²) < 4.78 is 29.4. The van der Waals surface area contributed by atoms with Crippen molar-refractivity contribution in [3.8, 4) is 11.8 Å². The molecule has 27 heavy (non-hydrogen) atoms. The lowest BCUT2D eigenvalue weighted by molar-refractivity contribution is -0.118. The molecule has 2 heterocycles. The van der Waals surface area contributed by atoms with Crippen LogP contribution in [0.15, 0.2) is 35.4 Å². The average molecular weight is 390 g/mol. The third-order valence-electron chi connectivity index (χ3n) is 4.03. The summed E-state index contributed by atoms with van der Waals surface area (Å²) in [6.45, 7) is 2.64. The monoisotopic (exact) mass is 390 g/mol. The molecular weight excluding hydrogens is 372 g/mol. The zero-order valence-electron chi connectivity index (χ0n) is 14.3. The number of ether oxygens (including phenoxy) is 1. The Morgan fingerprint density at radius 3 is 2.56 bits per heavy atom. The van der Waals surface area contributed by atoms with Crippen molar-refractivity contribution in [2.75, 3.05) is 38.2 Å². The predicted octanol–water partition coefficient (Wildman–Crippen LogP) is -0.338. The molecule has 11 heteroatoms. The fraction of sp³-hybridized carbons (Fsp3) is 0.312. The number of sulfonamides is 1. The minimum atomic E-state index is -3.81. The minimum Gasteiger partial charge on any atom is -0.379 e. The van der Waals surface area contributed by atoms with Crippen LogP contribution in [0.5, 0.6) is 0 Å². The Balaban J connectivity index is 1.82. The van der Waals surface area contributed by atoms with E-state index >= 15 is 0 Å². The van der Waals surface area contributed by atoms with E-state index in [9.17, 15) is 18.5 Å². The van der Waals surface area contributed by atoms with Gasteiger partial charge in [-0.15, -0.1) is 0 Å². The molecule has 1 saturated heterocycles. The number of carbonyl (C=O) groups is 1. The molecule has 0 saturated carbocycles. The van der Waals surface area contributed by atoms with Crippen molar-refractivity contribution in [3.63, 3.8) is 0 Å². The molecule has 3 rings (SSSR count). The van der Waals surface area contributed by atoms with Crippen LogP contribution in [0.4, 0.5) is 5.82 Å². The van der Waals surface area contributed by atoms with Gasteiger partial charge >= 0.3 is 0 Å². The molecule has 1 amide bonds. The Labute approximate surface area is 156 Å². The summed E-state index contributed by atoms with van der Waals surface area (Å²) in [5.41, 5.74) is 0.673. The smallest absolute Gasteiger partial charge is 0.239 e. The largest absolute Gasteiger partial charge is 0.379 e. The quantitative estimate of drug-likeness (QED) is 0.711. The third-order valence-corrected chi connectivity index (χ3v) is 4.96. The first-order valence-corrected chi connectivity index (χ1v) is 9.64. The van der Waals surface area contributed by atoms with Crippen molar-refractivity contribution < 1.29 is 17.9 Å². The van der Waals surface area contributed by atoms with Crippen molar-refractivity contribution in [2.45, 2.75) is 4.90 Å². The zero-order chi connectivity index (χ0) is 19.4. The molecule has 0 spiro atoms. The molecule has 1 aliphatic heterocycles. The van der Waals surface area contributed by atoms with E-state index < -0.39 is 10.0 Å². The number of nitriles is 1. The molecule has 3 N–H and O–H groups in total. The number of primary sulfonamides is 1. The number of amides is 1. The molecular formula is C16H18N6O4S. The standard InChI is InChI=1S/C16H18N6O4S/c17-9-12-10-19-22(13-1-3-14(4-2-13)27(18,24)25)16(12)20-15(23)11-21-5-7-26-8-6-21/h1-4,10H,5-8,11H2,(H,20,23)(H2,18,24,25). The van der Waals surface area contributed by atoms with Gasteiger partial charge in [0.1, 0.15) is 11.6 Å². The number of nitrogens with two attached hydrogens (primary N) is 1. The SMILES string of the molecule is N#Cc1cnn(-c2ccc(S(N)(=O)=O)cc2)c1NC(=O)CN1CCOCC1. The van der Waals surface area contributed by atoms with Crippen LogP contribution < -0.4 is 10.5 Å². The second kappa shape index (κ2) is 7.85. The van der Waals surface area contributed by atoms with Crippen LogP contribution >= 0.6 is 0 Å². The van der Waals surface area contributed by atoms with Crippen LogP contribution in [0.3, 0.4) is 0 Å². The molecule has 0 bridgehead atoms. The zero-order valence-corrected chi connectivity index (χ0v) is 15.1. The van der Waals surface area contributed by atoms with Gasteiger partial charge in [-0.25, -0.2) is 18.2 Å². The highest BCUT2D eigenvalue weighted by molar-refractivity contribution is 7.89. The highest BCUT2D eigenvalue weighted by Crippen LogP contribution is 2.21. The normalized spacial score (nSPS) is 15.3. The van der Waals surface area contributed by atoms with E-state index in [2.05, 4.69) is 10.4 Å². The van der Waals surface area contributed by atoms with E-state index in [1.54, 1.807) is 0 Å². The molecule has 1 aromatic carbocycles. The maximum Gasteiger partial charge on any atom is 0.239 e. The highest BCUT2D eigenvalue weighted by atomic mass is 32.2. The Hall–Kier alpha value is -2.78. The molecule has 0 aliphatic carbocycles. The van der Waals surface area contributed by atoms with Gasteiger partial charge in [0.2, 0.25) is 15.9 Å². The first-order chi connectivity index (χ1) is 12.9. The van der Waals surface area contributed by atoms with Gasteiger partial charge in [0.05, 0.1) is 36.5 Å². The van der Waals surface area contributed by atoms with Crippen LogP contribution in [0.25, 0.3) is 5.69 Å². The Morgan fingerprint density at radius 2 is 1.96 bits per heavy atom. The first-order valence-electron chi connectivity index (χ1n) is 8.10. The van der Waals surface area contributed by atoms with E-state index in [4.69, 9.17) is 9.88 Å². The van der Waals surface area contributed by atoms with E-state index in [0.29, 0.717) is 32.0 Å². The molecule has 0 unspecified atom stereocenters. The molecule has 1 aromatic heterocycles. The number of anilines is 1. The summed E-state index contributed by atoms with van der Waals surface area (Å²) in [4.78, 5) is 14.3.